The molecular weight excluding hydrogens is 286 g/mol. The molecule has 0 unspecified atom stereocenters. The van der Waals surface area contributed by atoms with E-state index in [0.717, 1.165) is 6.07 Å². The van der Waals surface area contributed by atoms with Crippen LogP contribution < -0.4 is 0 Å². The summed E-state index contributed by atoms with van der Waals surface area (Å²) in [6, 6.07) is 11.7. The SMILES string of the molecule is Oc1c(/C=N/n2cccc2)cccc1-c1cc(F)cc(F)c1. The lowest BCUT2D eigenvalue weighted by Gasteiger charge is -2.08. The van der Waals surface area contributed by atoms with E-state index in [0.29, 0.717) is 11.1 Å². The van der Waals surface area contributed by atoms with E-state index in [1.165, 1.54) is 18.3 Å². The molecule has 0 aliphatic heterocycles. The zero-order valence-electron chi connectivity index (χ0n) is 11.4. The number of aromatic hydroxyl groups is 1. The molecule has 0 aliphatic carbocycles. The zero-order valence-corrected chi connectivity index (χ0v) is 11.4. The second-order valence-electron chi connectivity index (χ2n) is 4.71. The number of phenolic OH excluding ortho intramolecular Hbond substituents is 1. The number of aromatic nitrogens is 1. The minimum atomic E-state index is -0.694. The van der Waals surface area contributed by atoms with Gasteiger partial charge in [-0.2, -0.15) is 5.10 Å². The highest BCUT2D eigenvalue weighted by Crippen LogP contribution is 2.32. The van der Waals surface area contributed by atoms with E-state index in [2.05, 4.69) is 5.10 Å². The Hall–Kier alpha value is -2.95. The van der Waals surface area contributed by atoms with E-state index in [1.807, 2.05) is 12.1 Å². The van der Waals surface area contributed by atoms with Gasteiger partial charge in [0.05, 0.1) is 6.21 Å². The first-order chi connectivity index (χ1) is 10.6. The van der Waals surface area contributed by atoms with E-state index in [9.17, 15) is 13.9 Å². The summed E-state index contributed by atoms with van der Waals surface area (Å²) in [4.78, 5) is 0. The van der Waals surface area contributed by atoms with Crippen molar-refractivity contribution in [1.29, 1.82) is 0 Å². The lowest BCUT2D eigenvalue weighted by atomic mass is 10.0. The lowest BCUT2D eigenvalue weighted by Crippen LogP contribution is -1.91. The van der Waals surface area contributed by atoms with Crippen molar-refractivity contribution < 1.29 is 13.9 Å². The molecule has 3 rings (SSSR count). The number of para-hydroxylation sites is 1. The van der Waals surface area contributed by atoms with Crippen LogP contribution in [0.25, 0.3) is 11.1 Å². The molecule has 3 nitrogen and oxygen atoms in total. The molecule has 1 N–H and O–H groups in total. The molecule has 0 fully saturated rings. The minimum absolute atomic E-state index is 0.0802. The van der Waals surface area contributed by atoms with Crippen molar-refractivity contribution in [2.75, 3.05) is 0 Å². The van der Waals surface area contributed by atoms with Gasteiger partial charge >= 0.3 is 0 Å². The third-order valence-electron chi connectivity index (χ3n) is 3.16. The van der Waals surface area contributed by atoms with Crippen LogP contribution in [-0.4, -0.2) is 16.0 Å². The molecule has 0 atom stereocenters. The molecule has 0 spiro atoms. The van der Waals surface area contributed by atoms with Crippen molar-refractivity contribution in [2.45, 2.75) is 0 Å². The molecule has 2 aromatic carbocycles. The van der Waals surface area contributed by atoms with Crippen LogP contribution in [0.1, 0.15) is 5.56 Å². The van der Waals surface area contributed by atoms with Gasteiger partial charge in [0, 0.05) is 29.6 Å². The van der Waals surface area contributed by atoms with Crippen LogP contribution in [0.4, 0.5) is 8.78 Å². The van der Waals surface area contributed by atoms with Crippen LogP contribution in [0.15, 0.2) is 66.0 Å². The van der Waals surface area contributed by atoms with E-state index >= 15 is 0 Å². The van der Waals surface area contributed by atoms with Gasteiger partial charge in [-0.25, -0.2) is 13.5 Å². The molecule has 0 aliphatic rings. The fraction of sp³-hybridized carbons (Fsp3) is 0. The molecule has 0 saturated heterocycles. The van der Waals surface area contributed by atoms with Crippen LogP contribution >= 0.6 is 0 Å². The number of rotatable bonds is 3. The summed E-state index contributed by atoms with van der Waals surface area (Å²) in [5.74, 6) is -1.47. The number of hydrogen-bond donors (Lipinski definition) is 1. The summed E-state index contributed by atoms with van der Waals surface area (Å²) in [6.07, 6.45) is 4.98. The van der Waals surface area contributed by atoms with Gasteiger partial charge < -0.3 is 5.11 Å². The maximum atomic E-state index is 13.3. The molecule has 22 heavy (non-hydrogen) atoms. The normalized spacial score (nSPS) is 11.2. The van der Waals surface area contributed by atoms with Crippen LogP contribution in [0.5, 0.6) is 5.75 Å². The zero-order chi connectivity index (χ0) is 15.5. The maximum Gasteiger partial charge on any atom is 0.132 e. The molecule has 1 heterocycles. The predicted octanol–water partition coefficient (Wildman–Crippen LogP) is 4.02. The molecular formula is C17H12F2N2O. The summed E-state index contributed by atoms with van der Waals surface area (Å²) in [5, 5.41) is 14.5. The number of hydrogen-bond acceptors (Lipinski definition) is 2. The van der Waals surface area contributed by atoms with Gasteiger partial charge in [0.15, 0.2) is 0 Å². The summed E-state index contributed by atoms with van der Waals surface area (Å²) in [5.41, 5.74) is 1.07. The average Bonchev–Trinajstić information content (AvgIpc) is 2.98. The van der Waals surface area contributed by atoms with Gasteiger partial charge in [-0.1, -0.05) is 12.1 Å². The molecule has 0 bridgehead atoms. The van der Waals surface area contributed by atoms with Gasteiger partial charge in [-0.05, 0) is 35.9 Å². The Labute approximate surface area is 125 Å². The van der Waals surface area contributed by atoms with Crippen molar-refractivity contribution in [2.24, 2.45) is 5.10 Å². The Morgan fingerprint density at radius 2 is 1.64 bits per heavy atom. The number of benzene rings is 2. The summed E-state index contributed by atoms with van der Waals surface area (Å²) < 4.78 is 28.2. The Morgan fingerprint density at radius 3 is 2.32 bits per heavy atom. The van der Waals surface area contributed by atoms with Crippen LogP contribution in [0, 0.1) is 11.6 Å². The second-order valence-corrected chi connectivity index (χ2v) is 4.71. The predicted molar refractivity (Wildman–Crippen MR) is 80.9 cm³/mol. The molecule has 3 aromatic rings. The number of nitrogens with zero attached hydrogens (tertiary/aromatic N) is 2. The Morgan fingerprint density at radius 1 is 0.955 bits per heavy atom. The van der Waals surface area contributed by atoms with Crippen molar-refractivity contribution in [3.8, 4) is 16.9 Å². The van der Waals surface area contributed by atoms with Crippen LogP contribution in [0.2, 0.25) is 0 Å². The second kappa shape index (κ2) is 5.81. The molecule has 110 valence electrons. The summed E-state index contributed by atoms with van der Waals surface area (Å²) in [6.45, 7) is 0. The van der Waals surface area contributed by atoms with E-state index < -0.39 is 11.6 Å². The highest BCUT2D eigenvalue weighted by Gasteiger charge is 2.10. The van der Waals surface area contributed by atoms with Gasteiger partial charge in [-0.15, -0.1) is 0 Å². The fourth-order valence-electron chi connectivity index (χ4n) is 2.14. The lowest BCUT2D eigenvalue weighted by molar-refractivity contribution is 0.476. The number of phenols is 1. The smallest absolute Gasteiger partial charge is 0.132 e. The molecule has 0 saturated carbocycles. The largest absolute Gasteiger partial charge is 0.507 e. The van der Waals surface area contributed by atoms with Crippen molar-refractivity contribution >= 4 is 6.21 Å². The van der Waals surface area contributed by atoms with Crippen molar-refractivity contribution in [3.63, 3.8) is 0 Å². The van der Waals surface area contributed by atoms with Gasteiger partial charge in [-0.3, -0.25) is 0 Å². The van der Waals surface area contributed by atoms with Gasteiger partial charge in [0.25, 0.3) is 0 Å². The Balaban J connectivity index is 2.02. The monoisotopic (exact) mass is 298 g/mol. The fourth-order valence-corrected chi connectivity index (χ4v) is 2.14. The first kappa shape index (κ1) is 14.0. The van der Waals surface area contributed by atoms with Crippen LogP contribution in [0.3, 0.4) is 0 Å². The molecule has 5 heteroatoms. The van der Waals surface area contributed by atoms with Crippen LogP contribution in [-0.2, 0) is 0 Å². The minimum Gasteiger partial charge on any atom is -0.507 e. The summed E-state index contributed by atoms with van der Waals surface area (Å²) in [7, 11) is 0. The Bertz CT molecular complexity index is 806. The Kier molecular flexibility index (Phi) is 3.70. The molecule has 0 amide bonds. The average molecular weight is 298 g/mol. The molecule has 1 aromatic heterocycles. The highest BCUT2D eigenvalue weighted by atomic mass is 19.1. The van der Waals surface area contributed by atoms with Gasteiger partial charge in [0.2, 0.25) is 0 Å². The van der Waals surface area contributed by atoms with E-state index in [4.69, 9.17) is 0 Å². The highest BCUT2D eigenvalue weighted by molar-refractivity contribution is 5.88. The quantitative estimate of drug-likeness (QED) is 0.729. The van der Waals surface area contributed by atoms with Gasteiger partial charge in [0.1, 0.15) is 17.4 Å². The van der Waals surface area contributed by atoms with Crippen molar-refractivity contribution in [1.82, 2.24) is 4.68 Å². The maximum absolute atomic E-state index is 13.3. The topological polar surface area (TPSA) is 37.5 Å². The van der Waals surface area contributed by atoms with E-state index in [-0.39, 0.29) is 11.3 Å². The number of halogens is 2. The first-order valence-corrected chi connectivity index (χ1v) is 6.59. The third kappa shape index (κ3) is 2.88. The van der Waals surface area contributed by atoms with E-state index in [1.54, 1.807) is 35.3 Å². The van der Waals surface area contributed by atoms with Crippen molar-refractivity contribution in [3.05, 3.63) is 78.1 Å². The first-order valence-electron chi connectivity index (χ1n) is 6.59. The standard InChI is InChI=1S/C17H12F2N2O/c18-14-8-13(9-15(19)10-14)16-5-3-4-12(17(16)22)11-20-21-6-1-2-7-21/h1-11,22H/b20-11+. The molecule has 0 radical (unpaired) electrons. The summed E-state index contributed by atoms with van der Waals surface area (Å²) >= 11 is 0. The third-order valence-corrected chi connectivity index (χ3v) is 3.16.